The van der Waals surface area contributed by atoms with E-state index in [-0.39, 0.29) is 11.9 Å². The van der Waals surface area contributed by atoms with E-state index >= 15 is 0 Å². The molecule has 0 radical (unpaired) electrons. The molecule has 1 amide bonds. The monoisotopic (exact) mass is 346 g/mol. The molecule has 3 aromatic heterocycles. The van der Waals surface area contributed by atoms with Crippen molar-refractivity contribution in [1.82, 2.24) is 19.9 Å². The van der Waals surface area contributed by atoms with Gasteiger partial charge in [0.2, 0.25) is 5.91 Å². The van der Waals surface area contributed by atoms with E-state index in [0.717, 1.165) is 10.8 Å². The van der Waals surface area contributed by atoms with Crippen molar-refractivity contribution >= 4 is 34.7 Å². The maximum Gasteiger partial charge on any atom is 0.230 e. The topological polar surface area (TPSA) is 59.3 Å². The zero-order valence-electron chi connectivity index (χ0n) is 13.2. The van der Waals surface area contributed by atoms with Gasteiger partial charge >= 0.3 is 0 Å². The molecule has 0 saturated heterocycles. The second kappa shape index (κ2) is 6.72. The molecule has 0 fully saturated rings. The molecule has 3 aromatic rings. The second-order valence-electron chi connectivity index (χ2n) is 5.36. The quantitative estimate of drug-likeness (QED) is 0.720. The molecular formula is C16H18N4OS2. The van der Waals surface area contributed by atoms with E-state index in [1.807, 2.05) is 35.7 Å². The molecule has 1 atom stereocenters. The number of rotatable bonds is 5. The summed E-state index contributed by atoms with van der Waals surface area (Å²) in [5.74, 6) is 0.320. The Balaban J connectivity index is 1.60. The number of nitrogens with zero attached hydrogens (tertiary/aromatic N) is 3. The number of thioether (sulfide) groups is 1. The molecule has 23 heavy (non-hydrogen) atoms. The first-order valence-electron chi connectivity index (χ1n) is 7.33. The van der Waals surface area contributed by atoms with Crippen LogP contribution >= 0.6 is 23.1 Å². The molecule has 3 rings (SSSR count). The number of aryl methyl sites for hydroxylation is 2. The minimum absolute atomic E-state index is 0.00145. The molecule has 0 aliphatic carbocycles. The highest BCUT2D eigenvalue weighted by atomic mass is 32.2. The second-order valence-corrected chi connectivity index (χ2v) is 7.76. The van der Waals surface area contributed by atoms with Crippen molar-refractivity contribution in [2.75, 3.05) is 5.75 Å². The van der Waals surface area contributed by atoms with E-state index in [1.165, 1.54) is 27.1 Å². The van der Waals surface area contributed by atoms with Crippen LogP contribution in [0.5, 0.6) is 0 Å². The smallest absolute Gasteiger partial charge is 0.230 e. The van der Waals surface area contributed by atoms with Crippen LogP contribution in [0.25, 0.3) is 5.65 Å². The fourth-order valence-electron chi connectivity index (χ4n) is 2.49. The third kappa shape index (κ3) is 3.56. The first-order chi connectivity index (χ1) is 11.0. The molecular weight excluding hydrogens is 328 g/mol. The summed E-state index contributed by atoms with van der Waals surface area (Å²) in [6.45, 7) is 6.19. The van der Waals surface area contributed by atoms with E-state index in [4.69, 9.17) is 0 Å². The number of carbonyl (C=O) groups is 1. The zero-order chi connectivity index (χ0) is 16.4. The van der Waals surface area contributed by atoms with E-state index in [2.05, 4.69) is 35.4 Å². The highest BCUT2D eigenvalue weighted by Crippen LogP contribution is 2.26. The van der Waals surface area contributed by atoms with Gasteiger partial charge in [0.05, 0.1) is 11.8 Å². The Morgan fingerprint density at radius 3 is 2.96 bits per heavy atom. The summed E-state index contributed by atoms with van der Waals surface area (Å²) in [6, 6.07) is 7.89. The number of fused-ring (bicyclic) bond motifs is 1. The standard InChI is InChI=1S/C16H18N4OS2/c1-10-8-13(12(3)23-10)11(2)17-15(21)9-22-16-19-18-14-6-4-5-7-20(14)16/h4-8,11H,9H2,1-3H3,(H,17,21)/t11-/m0/s1. The van der Waals surface area contributed by atoms with Crippen molar-refractivity contribution in [1.29, 1.82) is 0 Å². The number of hydrogen-bond donors (Lipinski definition) is 1. The Hall–Kier alpha value is -1.86. The largest absolute Gasteiger partial charge is 0.349 e. The third-order valence-corrected chi connectivity index (χ3v) is 5.46. The Labute approximate surface area is 143 Å². The van der Waals surface area contributed by atoms with Gasteiger partial charge in [-0.1, -0.05) is 17.8 Å². The van der Waals surface area contributed by atoms with Crippen LogP contribution in [0.2, 0.25) is 0 Å². The van der Waals surface area contributed by atoms with Gasteiger partial charge in [-0.25, -0.2) is 0 Å². The molecule has 1 N–H and O–H groups in total. The first-order valence-corrected chi connectivity index (χ1v) is 9.13. The molecule has 0 bridgehead atoms. The molecule has 0 unspecified atom stereocenters. The van der Waals surface area contributed by atoms with Crippen molar-refractivity contribution in [2.45, 2.75) is 32.0 Å². The summed E-state index contributed by atoms with van der Waals surface area (Å²) in [7, 11) is 0. The summed E-state index contributed by atoms with van der Waals surface area (Å²) < 4.78 is 1.88. The van der Waals surface area contributed by atoms with Crippen LogP contribution in [0.15, 0.2) is 35.6 Å². The van der Waals surface area contributed by atoms with E-state index in [0.29, 0.717) is 5.75 Å². The minimum Gasteiger partial charge on any atom is -0.349 e. The van der Waals surface area contributed by atoms with Crippen LogP contribution in [0.3, 0.4) is 0 Å². The van der Waals surface area contributed by atoms with Crippen molar-refractivity contribution in [2.24, 2.45) is 0 Å². The fourth-order valence-corrected chi connectivity index (χ4v) is 4.25. The maximum atomic E-state index is 12.2. The van der Waals surface area contributed by atoms with Gasteiger partial charge < -0.3 is 5.32 Å². The number of hydrogen-bond acceptors (Lipinski definition) is 5. The molecule has 0 aromatic carbocycles. The van der Waals surface area contributed by atoms with Crippen LogP contribution < -0.4 is 5.32 Å². The van der Waals surface area contributed by atoms with Gasteiger partial charge in [-0.2, -0.15) is 0 Å². The van der Waals surface area contributed by atoms with Gasteiger partial charge in [-0.05, 0) is 44.5 Å². The van der Waals surface area contributed by atoms with Crippen LogP contribution in [-0.2, 0) is 4.79 Å². The summed E-state index contributed by atoms with van der Waals surface area (Å²) in [5, 5.41) is 12.0. The fraction of sp³-hybridized carbons (Fsp3) is 0.312. The van der Waals surface area contributed by atoms with E-state index in [9.17, 15) is 4.79 Å². The van der Waals surface area contributed by atoms with E-state index in [1.54, 1.807) is 11.3 Å². The summed E-state index contributed by atoms with van der Waals surface area (Å²) >= 11 is 3.15. The number of aromatic nitrogens is 3. The average Bonchev–Trinajstić information content (AvgIpc) is 3.08. The van der Waals surface area contributed by atoms with Crippen LogP contribution in [-0.4, -0.2) is 26.3 Å². The zero-order valence-corrected chi connectivity index (χ0v) is 14.9. The lowest BCUT2D eigenvalue weighted by molar-refractivity contribution is -0.119. The maximum absolute atomic E-state index is 12.2. The normalized spacial score (nSPS) is 12.5. The van der Waals surface area contributed by atoms with E-state index < -0.39 is 0 Å². The number of nitrogens with one attached hydrogen (secondary N) is 1. The Morgan fingerprint density at radius 1 is 1.39 bits per heavy atom. The van der Waals surface area contributed by atoms with Crippen LogP contribution in [0.1, 0.15) is 28.3 Å². The number of pyridine rings is 1. The van der Waals surface area contributed by atoms with Gasteiger partial charge in [-0.15, -0.1) is 21.5 Å². The number of thiophene rings is 1. The van der Waals surface area contributed by atoms with Gasteiger partial charge in [0.15, 0.2) is 10.8 Å². The predicted octanol–water partition coefficient (Wildman–Crippen LogP) is 3.38. The summed E-state index contributed by atoms with van der Waals surface area (Å²) in [5.41, 5.74) is 1.98. The summed E-state index contributed by atoms with van der Waals surface area (Å²) in [4.78, 5) is 14.7. The lowest BCUT2D eigenvalue weighted by Gasteiger charge is -2.13. The minimum atomic E-state index is -0.00145. The molecule has 0 spiro atoms. The van der Waals surface area contributed by atoms with Crippen LogP contribution in [0, 0.1) is 13.8 Å². The molecule has 0 aliphatic heterocycles. The first kappa shape index (κ1) is 16.0. The van der Waals surface area contributed by atoms with Gasteiger partial charge in [0, 0.05) is 16.0 Å². The molecule has 0 aliphatic rings. The van der Waals surface area contributed by atoms with Gasteiger partial charge in [-0.3, -0.25) is 9.20 Å². The van der Waals surface area contributed by atoms with Crippen molar-refractivity contribution < 1.29 is 4.79 Å². The molecule has 7 heteroatoms. The van der Waals surface area contributed by atoms with Crippen molar-refractivity contribution in [3.8, 4) is 0 Å². The van der Waals surface area contributed by atoms with Gasteiger partial charge in [0.1, 0.15) is 0 Å². The van der Waals surface area contributed by atoms with Crippen LogP contribution in [0.4, 0.5) is 0 Å². The highest BCUT2D eigenvalue weighted by Gasteiger charge is 2.15. The lowest BCUT2D eigenvalue weighted by atomic mass is 10.1. The predicted molar refractivity (Wildman–Crippen MR) is 94.1 cm³/mol. The third-order valence-electron chi connectivity index (χ3n) is 3.54. The Morgan fingerprint density at radius 2 is 2.22 bits per heavy atom. The Bertz CT molecular complexity index is 840. The summed E-state index contributed by atoms with van der Waals surface area (Å²) in [6.07, 6.45) is 1.90. The SMILES string of the molecule is Cc1cc([C@H](C)NC(=O)CSc2nnc3ccccn23)c(C)s1. The highest BCUT2D eigenvalue weighted by molar-refractivity contribution is 7.99. The lowest BCUT2D eigenvalue weighted by Crippen LogP contribution is -2.28. The Kier molecular flexibility index (Phi) is 4.68. The molecule has 120 valence electrons. The van der Waals surface area contributed by atoms with Crippen molar-refractivity contribution in [3.05, 3.63) is 45.8 Å². The number of carbonyl (C=O) groups excluding carboxylic acids is 1. The number of amides is 1. The van der Waals surface area contributed by atoms with Crippen molar-refractivity contribution in [3.63, 3.8) is 0 Å². The average molecular weight is 346 g/mol. The molecule has 3 heterocycles. The molecule has 0 saturated carbocycles. The molecule has 5 nitrogen and oxygen atoms in total. The van der Waals surface area contributed by atoms with Gasteiger partial charge in [0.25, 0.3) is 0 Å².